The van der Waals surface area contributed by atoms with Gasteiger partial charge in [-0.2, -0.15) is 0 Å². The molecule has 1 heterocycles. The van der Waals surface area contributed by atoms with E-state index in [2.05, 4.69) is 10.1 Å². The van der Waals surface area contributed by atoms with E-state index in [4.69, 9.17) is 15.7 Å². The molecule has 2 aliphatic rings. The van der Waals surface area contributed by atoms with Crippen molar-refractivity contribution in [3.05, 3.63) is 0 Å². The molecule has 5 nitrogen and oxygen atoms in total. The number of hydrogen-bond donors (Lipinski definition) is 2. The molecule has 0 aromatic carbocycles. The van der Waals surface area contributed by atoms with Gasteiger partial charge in [0.15, 0.2) is 0 Å². The summed E-state index contributed by atoms with van der Waals surface area (Å²) in [5, 5.41) is 11.8. The van der Waals surface area contributed by atoms with Crippen LogP contribution >= 0.6 is 0 Å². The summed E-state index contributed by atoms with van der Waals surface area (Å²) in [6.07, 6.45) is 5.37. The summed E-state index contributed by atoms with van der Waals surface area (Å²) < 4.78 is 5.83. The Hall–Kier alpha value is -0.810. The fourth-order valence-corrected chi connectivity index (χ4v) is 2.95. The second kappa shape index (κ2) is 5.69. The van der Waals surface area contributed by atoms with Crippen molar-refractivity contribution < 1.29 is 9.94 Å². The maximum Gasteiger partial charge on any atom is 0.143 e. The number of amidine groups is 1. The third-order valence-electron chi connectivity index (χ3n) is 3.98. The van der Waals surface area contributed by atoms with Crippen LogP contribution in [0, 0.1) is 5.92 Å². The van der Waals surface area contributed by atoms with Gasteiger partial charge in [0.2, 0.25) is 0 Å². The minimum atomic E-state index is 0.0978. The van der Waals surface area contributed by atoms with Crippen molar-refractivity contribution >= 4 is 5.84 Å². The Morgan fingerprint density at radius 3 is 3.06 bits per heavy atom. The number of fused-ring (bicyclic) bond motifs is 1. The van der Waals surface area contributed by atoms with Gasteiger partial charge in [-0.1, -0.05) is 24.9 Å². The van der Waals surface area contributed by atoms with Crippen LogP contribution in [-0.4, -0.2) is 47.8 Å². The minimum Gasteiger partial charge on any atom is -0.409 e. The highest BCUT2D eigenvalue weighted by Gasteiger charge is 2.34. The molecule has 0 amide bonds. The SMILES string of the molecule is CC(CN1CCOC2CCCCC21)C(N)=NO. The first kappa shape index (κ1) is 12.6. The van der Waals surface area contributed by atoms with E-state index in [-0.39, 0.29) is 5.92 Å². The smallest absolute Gasteiger partial charge is 0.143 e. The van der Waals surface area contributed by atoms with Crippen LogP contribution < -0.4 is 5.73 Å². The van der Waals surface area contributed by atoms with Crippen molar-refractivity contribution in [1.29, 1.82) is 0 Å². The van der Waals surface area contributed by atoms with Crippen molar-refractivity contribution in [2.24, 2.45) is 16.8 Å². The Morgan fingerprint density at radius 2 is 2.29 bits per heavy atom. The van der Waals surface area contributed by atoms with Crippen LogP contribution in [0.1, 0.15) is 32.6 Å². The lowest BCUT2D eigenvalue weighted by Crippen LogP contribution is -2.54. The predicted molar refractivity (Wildman–Crippen MR) is 66.1 cm³/mol. The first-order valence-electron chi connectivity index (χ1n) is 6.55. The number of hydrogen-bond acceptors (Lipinski definition) is 4. The van der Waals surface area contributed by atoms with Gasteiger partial charge >= 0.3 is 0 Å². The molecule has 0 radical (unpaired) electrons. The summed E-state index contributed by atoms with van der Waals surface area (Å²) in [6.45, 7) is 4.64. The van der Waals surface area contributed by atoms with Crippen molar-refractivity contribution in [3.8, 4) is 0 Å². The van der Waals surface area contributed by atoms with Crippen LogP contribution in [-0.2, 0) is 4.74 Å². The van der Waals surface area contributed by atoms with Crippen LogP contribution in [0.15, 0.2) is 5.16 Å². The summed E-state index contributed by atoms with van der Waals surface area (Å²) in [6, 6.07) is 0.534. The Morgan fingerprint density at radius 1 is 1.53 bits per heavy atom. The number of oxime groups is 1. The van der Waals surface area contributed by atoms with Crippen molar-refractivity contribution in [1.82, 2.24) is 4.90 Å². The van der Waals surface area contributed by atoms with Gasteiger partial charge in [-0.25, -0.2) is 0 Å². The molecular formula is C12H23N3O2. The van der Waals surface area contributed by atoms with Crippen LogP contribution in [0.4, 0.5) is 0 Å². The minimum absolute atomic E-state index is 0.0978. The van der Waals surface area contributed by atoms with Gasteiger partial charge in [-0.05, 0) is 12.8 Å². The standard InChI is InChI=1S/C12H23N3O2/c1-9(12(13)14-16)8-15-6-7-17-11-5-3-2-4-10(11)15/h9-11,16H,2-8H2,1H3,(H2,13,14). The Bertz CT molecular complexity index is 281. The molecular weight excluding hydrogens is 218 g/mol. The van der Waals surface area contributed by atoms with Crippen molar-refractivity contribution in [3.63, 3.8) is 0 Å². The highest BCUT2D eigenvalue weighted by molar-refractivity contribution is 5.82. The molecule has 1 aliphatic heterocycles. The van der Waals surface area contributed by atoms with Gasteiger partial charge in [0.25, 0.3) is 0 Å². The molecule has 2 rings (SSSR count). The van der Waals surface area contributed by atoms with E-state index >= 15 is 0 Å². The summed E-state index contributed by atoms with van der Waals surface area (Å²) in [5.74, 6) is 0.421. The summed E-state index contributed by atoms with van der Waals surface area (Å²) >= 11 is 0. The normalized spacial score (nSPS) is 33.1. The number of nitrogens with two attached hydrogens (primary N) is 1. The van der Waals surface area contributed by atoms with Crippen LogP contribution in [0.25, 0.3) is 0 Å². The molecule has 0 aromatic heterocycles. The summed E-state index contributed by atoms with van der Waals surface area (Å²) in [5.41, 5.74) is 5.64. The lowest BCUT2D eigenvalue weighted by Gasteiger charge is -2.44. The number of nitrogens with zero attached hydrogens (tertiary/aromatic N) is 2. The second-order valence-electron chi connectivity index (χ2n) is 5.18. The zero-order valence-electron chi connectivity index (χ0n) is 10.5. The largest absolute Gasteiger partial charge is 0.409 e. The lowest BCUT2D eigenvalue weighted by molar-refractivity contribution is -0.0896. The van der Waals surface area contributed by atoms with Gasteiger partial charge in [0.1, 0.15) is 5.84 Å². The predicted octanol–water partition coefficient (Wildman–Crippen LogP) is 1.01. The molecule has 3 atom stereocenters. The van der Waals surface area contributed by atoms with E-state index in [1.165, 1.54) is 25.7 Å². The van der Waals surface area contributed by atoms with E-state index in [1.54, 1.807) is 0 Å². The van der Waals surface area contributed by atoms with Crippen molar-refractivity contribution in [2.75, 3.05) is 19.7 Å². The molecule has 17 heavy (non-hydrogen) atoms. The van der Waals surface area contributed by atoms with Gasteiger partial charge in [0, 0.05) is 25.0 Å². The Balaban J connectivity index is 1.94. The highest BCUT2D eigenvalue weighted by atomic mass is 16.5. The molecule has 1 aliphatic carbocycles. The molecule has 98 valence electrons. The van der Waals surface area contributed by atoms with Gasteiger partial charge < -0.3 is 15.7 Å². The van der Waals surface area contributed by atoms with Gasteiger partial charge in [-0.15, -0.1) is 0 Å². The average Bonchev–Trinajstić information content (AvgIpc) is 2.38. The molecule has 0 bridgehead atoms. The first-order valence-corrected chi connectivity index (χ1v) is 6.55. The highest BCUT2D eigenvalue weighted by Crippen LogP contribution is 2.28. The third-order valence-corrected chi connectivity index (χ3v) is 3.98. The Kier molecular flexibility index (Phi) is 4.23. The molecule has 3 N–H and O–H groups in total. The summed E-state index contributed by atoms with van der Waals surface area (Å²) in [7, 11) is 0. The van der Waals surface area contributed by atoms with Gasteiger partial charge in [-0.3, -0.25) is 4.90 Å². The average molecular weight is 241 g/mol. The number of ether oxygens (including phenoxy) is 1. The Labute approximate surface area is 103 Å². The zero-order chi connectivity index (χ0) is 12.3. The molecule has 5 heteroatoms. The van der Waals surface area contributed by atoms with Crippen LogP contribution in [0.3, 0.4) is 0 Å². The van der Waals surface area contributed by atoms with Crippen molar-refractivity contribution in [2.45, 2.75) is 44.8 Å². The molecule has 0 spiro atoms. The van der Waals surface area contributed by atoms with E-state index < -0.39 is 0 Å². The molecule has 0 aromatic rings. The number of rotatable bonds is 3. The molecule has 1 saturated carbocycles. The maximum atomic E-state index is 8.69. The van der Waals surface area contributed by atoms with Crippen LogP contribution in [0.2, 0.25) is 0 Å². The monoisotopic (exact) mass is 241 g/mol. The maximum absolute atomic E-state index is 8.69. The lowest BCUT2D eigenvalue weighted by atomic mass is 9.89. The zero-order valence-corrected chi connectivity index (χ0v) is 10.5. The van der Waals surface area contributed by atoms with E-state index in [1.807, 2.05) is 6.92 Å². The topological polar surface area (TPSA) is 71.1 Å². The molecule has 1 saturated heterocycles. The quantitative estimate of drug-likeness (QED) is 0.335. The molecule has 2 fully saturated rings. The number of morpholine rings is 1. The van der Waals surface area contributed by atoms with E-state index in [0.717, 1.165) is 19.7 Å². The van der Waals surface area contributed by atoms with Gasteiger partial charge in [0.05, 0.1) is 12.7 Å². The van der Waals surface area contributed by atoms with E-state index in [0.29, 0.717) is 18.0 Å². The second-order valence-corrected chi connectivity index (χ2v) is 5.18. The first-order chi connectivity index (χ1) is 8.22. The summed E-state index contributed by atoms with van der Waals surface area (Å²) in [4.78, 5) is 2.45. The third kappa shape index (κ3) is 2.90. The van der Waals surface area contributed by atoms with E-state index in [9.17, 15) is 0 Å². The fraction of sp³-hybridized carbons (Fsp3) is 0.917. The van der Waals surface area contributed by atoms with Crippen LogP contribution in [0.5, 0.6) is 0 Å². The fourth-order valence-electron chi connectivity index (χ4n) is 2.95. The molecule has 3 unspecified atom stereocenters.